The van der Waals surface area contributed by atoms with Crippen LogP contribution in [0.25, 0.3) is 86.1 Å². The van der Waals surface area contributed by atoms with E-state index in [4.69, 9.17) is 20.0 Å². The van der Waals surface area contributed by atoms with Crippen molar-refractivity contribution in [3.63, 3.8) is 0 Å². The van der Waals surface area contributed by atoms with Gasteiger partial charge in [-0.3, -0.25) is 9.98 Å². The predicted molar refractivity (Wildman–Crippen MR) is 404 cm³/mol. The molecule has 12 aromatic rings. The number of hydrogen-bond acceptors (Lipinski definition) is 8. The zero-order chi connectivity index (χ0) is 67.0. The van der Waals surface area contributed by atoms with Crippen LogP contribution in [0, 0.1) is 6.07 Å². The fraction of sp³-hybridized carbons (Fsp3) is 0.256. The van der Waals surface area contributed by atoms with Gasteiger partial charge in [-0.2, -0.15) is 0 Å². The monoisotopic (exact) mass is 1470 g/mol. The van der Waals surface area contributed by atoms with Gasteiger partial charge in [0.05, 0.1) is 21.6 Å². The van der Waals surface area contributed by atoms with Crippen LogP contribution in [0.5, 0.6) is 11.5 Å². The number of aliphatic imine (C=N–C) groups is 2. The van der Waals surface area contributed by atoms with Gasteiger partial charge in [-0.05, 0) is 162 Å². The van der Waals surface area contributed by atoms with Crippen molar-refractivity contribution in [1.29, 1.82) is 0 Å². The first-order chi connectivity index (χ1) is 44.5. The van der Waals surface area contributed by atoms with Crippen molar-refractivity contribution < 1.29 is 31.3 Å². The summed E-state index contributed by atoms with van der Waals surface area (Å²) in [6.07, 6.45) is 3.52. The fourth-order valence-corrected chi connectivity index (χ4v) is 13.6. The van der Waals surface area contributed by atoms with Crippen LogP contribution in [0.15, 0.2) is 210 Å². The molecule has 2 heterocycles. The molecule has 9 heteroatoms. The van der Waals surface area contributed by atoms with Crippen LogP contribution < -0.4 is 0 Å². The van der Waals surface area contributed by atoms with Crippen molar-refractivity contribution in [1.82, 2.24) is 9.97 Å². The molecule has 0 aliphatic rings. The first-order valence-electron chi connectivity index (χ1n) is 32.7. The van der Waals surface area contributed by atoms with E-state index in [1.807, 2.05) is 66.7 Å². The van der Waals surface area contributed by atoms with E-state index in [0.717, 1.165) is 91.9 Å². The molecule has 0 aliphatic heterocycles. The van der Waals surface area contributed by atoms with Gasteiger partial charge in [0.1, 0.15) is 21.5 Å². The van der Waals surface area contributed by atoms with Crippen LogP contribution in [-0.2, 0) is 42.7 Å². The number of thiazole rings is 2. The summed E-state index contributed by atoms with van der Waals surface area (Å²) >= 11 is 3.40. The van der Waals surface area contributed by atoms with E-state index in [-0.39, 0.29) is 54.2 Å². The molecule has 486 valence electrons. The van der Waals surface area contributed by atoms with E-state index < -0.39 is 0 Å². The molecular formula is C86H87N4O2PtS2-. The van der Waals surface area contributed by atoms with Gasteiger partial charge in [0.2, 0.25) is 0 Å². The van der Waals surface area contributed by atoms with Crippen LogP contribution in [0.2, 0.25) is 0 Å². The van der Waals surface area contributed by atoms with E-state index in [9.17, 15) is 10.2 Å². The Morgan fingerprint density at radius 3 is 1.24 bits per heavy atom. The topological polar surface area (TPSA) is 91.0 Å². The molecule has 95 heavy (non-hydrogen) atoms. The number of aromatic nitrogens is 2. The van der Waals surface area contributed by atoms with E-state index in [2.05, 4.69) is 238 Å². The second-order valence-corrected chi connectivity index (χ2v) is 31.6. The molecule has 0 aliphatic carbocycles. The minimum absolute atomic E-state index is 0. The number of phenols is 2. The van der Waals surface area contributed by atoms with Gasteiger partial charge >= 0.3 is 0 Å². The molecule has 6 nitrogen and oxygen atoms in total. The summed E-state index contributed by atoms with van der Waals surface area (Å²) in [6, 6.07) is 73.5. The number of nitrogens with zero attached hydrogens (tertiary/aromatic N) is 4. The number of benzene rings is 10. The maximum absolute atomic E-state index is 10.6. The second-order valence-electron chi connectivity index (χ2n) is 29.5. The van der Waals surface area contributed by atoms with Gasteiger partial charge in [-0.15, -0.1) is 58.1 Å². The Morgan fingerprint density at radius 1 is 0.389 bits per heavy atom. The van der Waals surface area contributed by atoms with E-state index >= 15 is 0 Å². The van der Waals surface area contributed by atoms with Gasteiger partial charge in [0, 0.05) is 71.5 Å². The first kappa shape index (κ1) is 69.4. The third kappa shape index (κ3) is 16.0. The molecule has 10 aromatic carbocycles. The van der Waals surface area contributed by atoms with Crippen molar-refractivity contribution in [2.45, 2.75) is 144 Å². The number of fused-ring (bicyclic) bond motifs is 2. The first-order valence-corrected chi connectivity index (χ1v) is 34.4. The Kier molecular flexibility index (Phi) is 20.6. The average Bonchev–Trinajstić information content (AvgIpc) is 1.66. The Morgan fingerprint density at radius 2 is 0.800 bits per heavy atom. The molecule has 0 bridgehead atoms. The summed E-state index contributed by atoms with van der Waals surface area (Å²) in [5, 5.41) is 23.1. The standard InChI is InChI=1S/C43H44N2OS.C43H43N2OS.Pt/c2*1-27(2)28-16-18-29(19-17-28)30-12-11-13-31(22-30)36-24-34(43(6,7)8)25-39-40(36)45-41(47-39)35-14-9-10-15-37(35)44-26-32-23-33(42(3,4)5)20-21-38(32)46;/h9-27,46H,1-8H3;9-12,14-27,46H,1-8H3;/q;-1;. The number of para-hydroxylation sites is 2. The zero-order valence-electron chi connectivity index (χ0n) is 57.7. The molecule has 0 radical (unpaired) electrons. The minimum atomic E-state index is -0.0385. The van der Waals surface area contributed by atoms with Crippen LogP contribution in [0.1, 0.15) is 167 Å². The van der Waals surface area contributed by atoms with E-state index in [0.29, 0.717) is 23.0 Å². The molecule has 0 saturated heterocycles. The Hall–Kier alpha value is -8.39. The third-order valence-corrected chi connectivity index (χ3v) is 19.6. The van der Waals surface area contributed by atoms with Crippen molar-refractivity contribution in [3.8, 4) is 77.1 Å². The maximum Gasteiger partial charge on any atom is 0.126 e. The number of hydrogen-bond donors (Lipinski definition) is 2. The summed E-state index contributed by atoms with van der Waals surface area (Å²) in [7, 11) is 0. The molecule has 2 aromatic heterocycles. The molecule has 0 saturated carbocycles. The molecule has 0 amide bonds. The molecule has 12 rings (SSSR count). The number of rotatable bonds is 12. The summed E-state index contributed by atoms with van der Waals surface area (Å²) in [6.45, 7) is 35.5. The van der Waals surface area contributed by atoms with Crippen LogP contribution >= 0.6 is 22.7 Å². The number of phenolic OH excluding ortho intramolecular Hbond substituents is 2. The largest absolute Gasteiger partial charge is 0.507 e. The van der Waals surface area contributed by atoms with Crippen LogP contribution in [0.3, 0.4) is 0 Å². The Balaban J connectivity index is 0.000000205. The molecule has 0 spiro atoms. The van der Waals surface area contributed by atoms with Crippen molar-refractivity contribution in [2.24, 2.45) is 9.98 Å². The van der Waals surface area contributed by atoms with Gasteiger partial charge in [0.15, 0.2) is 0 Å². The minimum Gasteiger partial charge on any atom is -0.507 e. The van der Waals surface area contributed by atoms with E-state index in [1.54, 1.807) is 47.2 Å². The predicted octanol–water partition coefficient (Wildman–Crippen LogP) is 24.7. The van der Waals surface area contributed by atoms with Crippen LogP contribution in [-0.4, -0.2) is 32.6 Å². The van der Waals surface area contributed by atoms with Gasteiger partial charge in [-0.25, -0.2) is 9.97 Å². The summed E-state index contributed by atoms with van der Waals surface area (Å²) < 4.78 is 2.29. The Labute approximate surface area is 586 Å². The van der Waals surface area contributed by atoms with Crippen molar-refractivity contribution >= 4 is 66.9 Å². The van der Waals surface area contributed by atoms with Crippen LogP contribution in [0.4, 0.5) is 11.4 Å². The SMILES string of the molecule is CC(C)c1ccc(-c2cc[c-]c(-c3cc(C(C)(C)C)cc4sc(-c5ccccc5N=Cc5cc(C(C)(C)C)ccc5O)nc34)c2)cc1.CC(C)c1ccc(-c2cccc(-c3cc(C(C)(C)C)cc4sc(-c5ccccc5N=Cc5cc(C(C)(C)C)ccc5O)nc34)c2)cc1.[Pt]. The molecule has 2 N–H and O–H groups in total. The third-order valence-electron chi connectivity index (χ3n) is 17.6. The summed E-state index contributed by atoms with van der Waals surface area (Å²) in [5.41, 5.74) is 23.5. The molecular weight excluding hydrogens is 1380 g/mol. The average molecular weight is 1470 g/mol. The normalized spacial score (nSPS) is 12.3. The Bertz CT molecular complexity index is 4480. The smallest absolute Gasteiger partial charge is 0.126 e. The quantitative estimate of drug-likeness (QED) is 0.0942. The van der Waals surface area contributed by atoms with Gasteiger partial charge in [-0.1, -0.05) is 226 Å². The molecule has 0 fully saturated rings. The molecule has 0 atom stereocenters. The van der Waals surface area contributed by atoms with E-state index in [1.165, 1.54) is 38.9 Å². The second kappa shape index (κ2) is 28.1. The summed E-state index contributed by atoms with van der Waals surface area (Å²) in [4.78, 5) is 20.3. The molecule has 0 unspecified atom stereocenters. The fourth-order valence-electron chi connectivity index (χ4n) is 11.4. The zero-order valence-corrected chi connectivity index (χ0v) is 61.6. The summed E-state index contributed by atoms with van der Waals surface area (Å²) in [5.74, 6) is 1.44. The maximum atomic E-state index is 10.6. The number of aromatic hydroxyl groups is 2. The van der Waals surface area contributed by atoms with Gasteiger partial charge < -0.3 is 10.2 Å². The van der Waals surface area contributed by atoms with Gasteiger partial charge in [0.25, 0.3) is 0 Å². The van der Waals surface area contributed by atoms with Crippen molar-refractivity contribution in [2.75, 3.05) is 0 Å². The van der Waals surface area contributed by atoms with Crippen molar-refractivity contribution in [3.05, 3.63) is 251 Å².